The number of fused-ring (bicyclic) bond motifs is 1. The van der Waals surface area contributed by atoms with Gasteiger partial charge in [-0.2, -0.15) is 13.2 Å². The summed E-state index contributed by atoms with van der Waals surface area (Å²) in [7, 11) is 0. The molecule has 3 heterocycles. The van der Waals surface area contributed by atoms with Gasteiger partial charge in [-0.3, -0.25) is 10.1 Å². The quantitative estimate of drug-likeness (QED) is 0.765. The van der Waals surface area contributed by atoms with Gasteiger partial charge in [-0.05, 0) is 6.42 Å². The number of aromatic amines is 1. The number of rotatable bonds is 1. The fourth-order valence-corrected chi connectivity index (χ4v) is 2.69. The van der Waals surface area contributed by atoms with E-state index in [1.807, 2.05) is 0 Å². The van der Waals surface area contributed by atoms with E-state index in [-0.39, 0.29) is 25.4 Å². The lowest BCUT2D eigenvalue weighted by atomic mass is 10.0. The summed E-state index contributed by atoms with van der Waals surface area (Å²) in [5.41, 5.74) is 1.25. The van der Waals surface area contributed by atoms with Crippen molar-refractivity contribution >= 4 is 5.91 Å². The minimum absolute atomic E-state index is 0.0132. The number of H-pyrrole nitrogens is 1. The summed E-state index contributed by atoms with van der Waals surface area (Å²) in [6.45, 7) is 0.637. The summed E-state index contributed by atoms with van der Waals surface area (Å²) < 4.78 is 37.7. The summed E-state index contributed by atoms with van der Waals surface area (Å²) >= 11 is 0. The van der Waals surface area contributed by atoms with Gasteiger partial charge >= 0.3 is 6.18 Å². The fourth-order valence-electron chi connectivity index (χ4n) is 2.69. The van der Waals surface area contributed by atoms with Crippen LogP contribution in [0, 0.1) is 0 Å². The average Bonchev–Trinajstić information content (AvgIpc) is 2.93. The topological polar surface area (TPSA) is 61.0 Å². The minimum atomic E-state index is -4.29. The number of amides is 1. The first-order chi connectivity index (χ1) is 9.95. The first kappa shape index (κ1) is 14.1. The normalized spacial score (nSPS) is 22.7. The number of hydrogen-bond acceptors (Lipinski definition) is 3. The lowest BCUT2D eigenvalue weighted by Crippen LogP contribution is -2.50. The summed E-state index contributed by atoms with van der Waals surface area (Å²) in [6.07, 6.45) is -1.29. The molecule has 0 fully saturated rings. The largest absolute Gasteiger partial charge is 0.412 e. The highest BCUT2D eigenvalue weighted by Crippen LogP contribution is 2.30. The zero-order chi connectivity index (χ0) is 15.0. The molecule has 0 bridgehead atoms. The van der Waals surface area contributed by atoms with E-state index in [0.29, 0.717) is 13.0 Å². The lowest BCUT2D eigenvalue weighted by molar-refractivity contribution is -0.134. The van der Waals surface area contributed by atoms with E-state index in [9.17, 15) is 18.0 Å². The second-order valence-electron chi connectivity index (χ2n) is 5.23. The Kier molecular flexibility index (Phi) is 3.48. The second-order valence-corrected chi connectivity index (χ2v) is 5.23. The molecular weight excluding hydrogens is 285 g/mol. The van der Waals surface area contributed by atoms with Crippen LogP contribution >= 0.6 is 0 Å². The molecule has 2 aliphatic rings. The minimum Gasteiger partial charge on any atom is -0.347 e. The van der Waals surface area contributed by atoms with Gasteiger partial charge in [0.1, 0.15) is 0 Å². The van der Waals surface area contributed by atoms with Gasteiger partial charge in [0.25, 0.3) is 0 Å². The number of imidazole rings is 1. The number of nitrogens with zero attached hydrogens (tertiary/aromatic N) is 2. The Bertz CT molecular complexity index is 578. The van der Waals surface area contributed by atoms with E-state index in [1.165, 1.54) is 4.90 Å². The van der Waals surface area contributed by atoms with Crippen molar-refractivity contribution in [1.82, 2.24) is 20.2 Å². The van der Waals surface area contributed by atoms with Crippen LogP contribution in [0.15, 0.2) is 18.0 Å². The molecule has 0 spiro atoms. The van der Waals surface area contributed by atoms with Crippen molar-refractivity contribution in [2.45, 2.75) is 31.6 Å². The molecule has 8 heteroatoms. The smallest absolute Gasteiger partial charge is 0.347 e. The van der Waals surface area contributed by atoms with E-state index in [1.54, 1.807) is 6.33 Å². The monoisotopic (exact) mass is 300 g/mol. The van der Waals surface area contributed by atoms with Crippen LogP contribution in [0.25, 0.3) is 0 Å². The van der Waals surface area contributed by atoms with Gasteiger partial charge in [0.15, 0.2) is 0 Å². The molecule has 0 radical (unpaired) electrons. The first-order valence-corrected chi connectivity index (χ1v) is 6.74. The molecule has 114 valence electrons. The third-order valence-corrected chi connectivity index (χ3v) is 3.91. The second kappa shape index (κ2) is 5.18. The van der Waals surface area contributed by atoms with Crippen molar-refractivity contribution in [1.29, 1.82) is 0 Å². The van der Waals surface area contributed by atoms with Crippen molar-refractivity contribution in [2.24, 2.45) is 0 Å². The molecule has 0 saturated heterocycles. The maximum atomic E-state index is 12.6. The van der Waals surface area contributed by atoms with Crippen molar-refractivity contribution < 1.29 is 18.0 Å². The molecule has 2 aliphatic heterocycles. The van der Waals surface area contributed by atoms with Crippen LogP contribution in [0.2, 0.25) is 0 Å². The van der Waals surface area contributed by atoms with Gasteiger partial charge in [-0.25, -0.2) is 4.98 Å². The number of aromatic nitrogens is 2. The van der Waals surface area contributed by atoms with Crippen molar-refractivity contribution in [3.05, 3.63) is 29.4 Å². The number of halogens is 3. The molecule has 0 aliphatic carbocycles. The van der Waals surface area contributed by atoms with Crippen LogP contribution in [0.1, 0.15) is 17.8 Å². The van der Waals surface area contributed by atoms with Crippen LogP contribution < -0.4 is 5.32 Å². The Balaban J connectivity index is 1.64. The Morgan fingerprint density at radius 1 is 1.43 bits per heavy atom. The Labute approximate surface area is 119 Å². The predicted octanol–water partition coefficient (Wildman–Crippen LogP) is 1.15. The fraction of sp³-hybridized carbons (Fsp3) is 0.538. The van der Waals surface area contributed by atoms with Gasteiger partial charge in [-0.1, -0.05) is 6.08 Å². The predicted molar refractivity (Wildman–Crippen MR) is 68.3 cm³/mol. The number of hydrogen-bond donors (Lipinski definition) is 2. The summed E-state index contributed by atoms with van der Waals surface area (Å²) in [6, 6.07) is -0.415. The van der Waals surface area contributed by atoms with Crippen LogP contribution in [0.4, 0.5) is 13.2 Å². The van der Waals surface area contributed by atoms with Gasteiger partial charge < -0.3 is 9.88 Å². The molecule has 1 aromatic rings. The molecule has 0 saturated carbocycles. The van der Waals surface area contributed by atoms with Crippen LogP contribution in [0.3, 0.4) is 0 Å². The number of carbonyl (C=O) groups is 1. The van der Waals surface area contributed by atoms with Gasteiger partial charge in [0.05, 0.1) is 23.8 Å². The van der Waals surface area contributed by atoms with Crippen LogP contribution in [-0.2, 0) is 17.8 Å². The van der Waals surface area contributed by atoms with Gasteiger partial charge in [0.2, 0.25) is 5.91 Å². The van der Waals surface area contributed by atoms with Gasteiger partial charge in [-0.15, -0.1) is 0 Å². The Morgan fingerprint density at radius 2 is 2.24 bits per heavy atom. The highest BCUT2D eigenvalue weighted by Gasteiger charge is 2.37. The zero-order valence-corrected chi connectivity index (χ0v) is 11.2. The van der Waals surface area contributed by atoms with E-state index >= 15 is 0 Å². The molecule has 1 aromatic heterocycles. The van der Waals surface area contributed by atoms with Crippen molar-refractivity contribution in [3.8, 4) is 0 Å². The zero-order valence-electron chi connectivity index (χ0n) is 11.2. The maximum absolute atomic E-state index is 12.6. The first-order valence-electron chi connectivity index (χ1n) is 6.74. The number of nitrogens with one attached hydrogen (secondary N) is 2. The molecule has 0 aromatic carbocycles. The Morgan fingerprint density at radius 3 is 2.90 bits per heavy atom. The van der Waals surface area contributed by atoms with E-state index in [0.717, 1.165) is 17.5 Å². The molecule has 1 unspecified atom stereocenters. The van der Waals surface area contributed by atoms with Crippen molar-refractivity contribution in [3.63, 3.8) is 0 Å². The molecule has 5 nitrogen and oxygen atoms in total. The van der Waals surface area contributed by atoms with Crippen molar-refractivity contribution in [2.75, 3.05) is 13.1 Å². The van der Waals surface area contributed by atoms with E-state index in [4.69, 9.17) is 0 Å². The highest BCUT2D eigenvalue weighted by atomic mass is 19.4. The number of carbonyl (C=O) groups excluding carboxylic acids is 1. The molecule has 2 N–H and O–H groups in total. The molecule has 1 amide bonds. The van der Waals surface area contributed by atoms with E-state index < -0.39 is 17.8 Å². The summed E-state index contributed by atoms with van der Waals surface area (Å²) in [4.78, 5) is 21.0. The highest BCUT2D eigenvalue weighted by molar-refractivity contribution is 5.82. The SMILES string of the molecule is O=C(C1Cc2nc[nH]c2CN1)N1CC=C(C(F)(F)F)CC1. The third kappa shape index (κ3) is 2.80. The lowest BCUT2D eigenvalue weighted by Gasteiger charge is -2.32. The average molecular weight is 300 g/mol. The van der Waals surface area contributed by atoms with Crippen LogP contribution in [-0.4, -0.2) is 46.1 Å². The molecular formula is C13H15F3N4O. The van der Waals surface area contributed by atoms with Crippen LogP contribution in [0.5, 0.6) is 0 Å². The molecule has 1 atom stereocenters. The Hall–Kier alpha value is -1.83. The number of alkyl halides is 3. The summed E-state index contributed by atoms with van der Waals surface area (Å²) in [5, 5.41) is 3.09. The summed E-state index contributed by atoms with van der Waals surface area (Å²) in [5.74, 6) is -0.166. The standard InChI is InChI=1S/C13H15F3N4O/c14-13(15,16)8-1-3-20(4-2-8)12(21)10-5-9-11(6-17-10)19-7-18-9/h1,7,10,17H,2-6H2,(H,18,19). The third-order valence-electron chi connectivity index (χ3n) is 3.91. The van der Waals surface area contributed by atoms with E-state index in [2.05, 4.69) is 15.3 Å². The molecule has 21 heavy (non-hydrogen) atoms. The van der Waals surface area contributed by atoms with Gasteiger partial charge in [0, 0.05) is 31.6 Å². The maximum Gasteiger partial charge on any atom is 0.412 e. The molecule has 3 rings (SSSR count).